The van der Waals surface area contributed by atoms with Crippen molar-refractivity contribution in [1.29, 1.82) is 0 Å². The Balaban J connectivity index is 0.00000110. The molecule has 0 N–H and O–H groups in total. The van der Waals surface area contributed by atoms with Crippen LogP contribution in [0.4, 0.5) is 0 Å². The molecule has 0 aliphatic carbocycles. The van der Waals surface area contributed by atoms with Gasteiger partial charge in [-0.05, 0) is 19.9 Å². The Morgan fingerprint density at radius 2 is 1.90 bits per heavy atom. The molecular formula is C12H22Cl2N4O2S. The first kappa shape index (κ1) is 18.7. The van der Waals surface area contributed by atoms with Crippen LogP contribution < -0.4 is 0 Å². The molecule has 0 amide bonds. The third kappa shape index (κ3) is 4.10. The molecule has 6 nitrogen and oxygen atoms in total. The number of piperazine rings is 1. The summed E-state index contributed by atoms with van der Waals surface area (Å²) in [6.07, 6.45) is 1.99. The summed E-state index contributed by atoms with van der Waals surface area (Å²) in [7, 11) is 3.81. The molecule has 3 aliphatic rings. The maximum Gasteiger partial charge on any atom is 0.184 e. The molecule has 9 heteroatoms. The van der Waals surface area contributed by atoms with E-state index in [1.165, 1.54) is 0 Å². The zero-order valence-electron chi connectivity index (χ0n) is 12.3. The Labute approximate surface area is 140 Å². The molecule has 0 aromatic rings. The van der Waals surface area contributed by atoms with Crippen LogP contribution >= 0.6 is 24.8 Å². The predicted molar refractivity (Wildman–Crippen MR) is 90.0 cm³/mol. The Bertz CT molecular complexity index is 462. The number of likely N-dealkylation sites (N-methyl/N-ethyl adjacent to an activating group) is 1. The monoisotopic (exact) mass is 356 g/mol. The molecule has 122 valence electrons. The van der Waals surface area contributed by atoms with Gasteiger partial charge < -0.3 is 14.5 Å². The Kier molecular flexibility index (Phi) is 7.42. The molecule has 21 heavy (non-hydrogen) atoms. The molecule has 1 atom stereocenters. The molecule has 0 radical (unpaired) electrons. The van der Waals surface area contributed by atoms with E-state index in [0.717, 1.165) is 62.9 Å². The first-order chi connectivity index (χ1) is 9.28. The molecule has 1 unspecified atom stereocenters. The summed E-state index contributed by atoms with van der Waals surface area (Å²) >= 11 is -0.691. The van der Waals surface area contributed by atoms with Crippen LogP contribution in [0.3, 0.4) is 0 Å². The average Bonchev–Trinajstić information content (AvgIpc) is 2.47. The van der Waals surface area contributed by atoms with Crippen molar-refractivity contribution in [2.75, 3.05) is 46.9 Å². The van der Waals surface area contributed by atoms with Gasteiger partial charge in [-0.1, -0.05) is 0 Å². The van der Waals surface area contributed by atoms with Crippen molar-refractivity contribution in [3.8, 4) is 0 Å². The summed E-state index contributed by atoms with van der Waals surface area (Å²) in [5, 5.41) is 0. The van der Waals surface area contributed by atoms with Crippen LogP contribution in [0, 0.1) is 0 Å². The summed E-state index contributed by atoms with van der Waals surface area (Å²) in [6.45, 7) is 4.84. The highest BCUT2D eigenvalue weighted by Gasteiger charge is 2.28. The van der Waals surface area contributed by atoms with Gasteiger partial charge in [0, 0.05) is 26.2 Å². The molecular weight excluding hydrogens is 335 g/mol. The largest absolute Gasteiger partial charge is 0.488 e. The van der Waals surface area contributed by atoms with Gasteiger partial charge in [0.25, 0.3) is 0 Å². The van der Waals surface area contributed by atoms with Gasteiger partial charge in [0.15, 0.2) is 22.7 Å². The molecule has 0 bridgehead atoms. The maximum atomic E-state index is 5.82. The topological polar surface area (TPSA) is 49.7 Å². The minimum atomic E-state index is -0.691. The first-order valence-electron chi connectivity index (χ1n) is 6.67. The van der Waals surface area contributed by atoms with Gasteiger partial charge in [0.05, 0.1) is 19.4 Å². The van der Waals surface area contributed by atoms with Crippen molar-refractivity contribution in [3.63, 3.8) is 0 Å². The van der Waals surface area contributed by atoms with Crippen LogP contribution in [0.25, 0.3) is 0 Å². The van der Waals surface area contributed by atoms with Crippen LogP contribution in [0.15, 0.2) is 20.3 Å². The summed E-state index contributed by atoms with van der Waals surface area (Å²) < 4.78 is 20.3. The highest BCUT2D eigenvalue weighted by atomic mass is 35.5. The van der Waals surface area contributed by atoms with Crippen molar-refractivity contribution in [2.45, 2.75) is 12.8 Å². The van der Waals surface area contributed by atoms with E-state index in [1.807, 2.05) is 0 Å². The van der Waals surface area contributed by atoms with Crippen LogP contribution in [0.5, 0.6) is 0 Å². The van der Waals surface area contributed by atoms with Crippen molar-refractivity contribution < 1.29 is 8.92 Å². The molecule has 3 heterocycles. The molecule has 2 fully saturated rings. The molecule has 0 aromatic carbocycles. The molecule has 3 rings (SSSR count). The number of hydrogen-bond acceptors (Lipinski definition) is 6. The van der Waals surface area contributed by atoms with Gasteiger partial charge in [-0.3, -0.25) is 4.18 Å². The molecule has 2 saturated heterocycles. The lowest BCUT2D eigenvalue weighted by molar-refractivity contribution is 0.161. The zero-order chi connectivity index (χ0) is 13.2. The van der Waals surface area contributed by atoms with E-state index in [4.69, 9.17) is 8.92 Å². The molecule has 0 spiro atoms. The fraction of sp³-hybridized carbons (Fsp3) is 0.750. The number of halogens is 2. The fourth-order valence-corrected chi connectivity index (χ4v) is 3.31. The van der Waals surface area contributed by atoms with E-state index in [2.05, 4.69) is 25.6 Å². The maximum absolute atomic E-state index is 5.82. The fourth-order valence-electron chi connectivity index (χ4n) is 2.42. The lowest BCUT2D eigenvalue weighted by Crippen LogP contribution is -2.44. The number of hydrogen-bond donors (Lipinski definition) is 0. The SMILES string of the molecule is COS1=NC(N2CCN(C)CC2)=C2OCCCC2=N1.Cl.Cl. The molecule has 0 saturated carbocycles. The number of ether oxygens (including phenoxy) is 1. The summed E-state index contributed by atoms with van der Waals surface area (Å²) in [5.74, 6) is 1.83. The van der Waals surface area contributed by atoms with Gasteiger partial charge in [0.2, 0.25) is 0 Å². The quantitative estimate of drug-likeness (QED) is 0.756. The summed E-state index contributed by atoms with van der Waals surface area (Å²) in [4.78, 5) is 4.63. The number of fused-ring (bicyclic) bond motifs is 1. The van der Waals surface area contributed by atoms with E-state index in [-0.39, 0.29) is 24.8 Å². The van der Waals surface area contributed by atoms with Crippen molar-refractivity contribution in [2.24, 2.45) is 8.76 Å². The van der Waals surface area contributed by atoms with E-state index >= 15 is 0 Å². The van der Waals surface area contributed by atoms with E-state index in [0.29, 0.717) is 0 Å². The lowest BCUT2D eigenvalue weighted by Gasteiger charge is -2.36. The van der Waals surface area contributed by atoms with Crippen LogP contribution in [0.1, 0.15) is 12.8 Å². The normalized spacial score (nSPS) is 25.7. The Hall–Kier alpha value is -0.340. The van der Waals surface area contributed by atoms with Crippen molar-refractivity contribution >= 4 is 41.7 Å². The number of allylic oxidation sites excluding steroid dienone is 1. The van der Waals surface area contributed by atoms with Gasteiger partial charge in [-0.15, -0.1) is 24.8 Å². The van der Waals surface area contributed by atoms with Crippen molar-refractivity contribution in [1.82, 2.24) is 9.80 Å². The van der Waals surface area contributed by atoms with E-state index in [9.17, 15) is 0 Å². The summed E-state index contributed by atoms with van der Waals surface area (Å²) in [5.41, 5.74) is 1.03. The average molecular weight is 357 g/mol. The van der Waals surface area contributed by atoms with Crippen LogP contribution in [0.2, 0.25) is 0 Å². The summed E-state index contributed by atoms with van der Waals surface area (Å²) in [6, 6.07) is 0. The number of nitrogens with zero attached hydrogens (tertiary/aromatic N) is 4. The smallest absolute Gasteiger partial charge is 0.184 e. The minimum Gasteiger partial charge on any atom is -0.488 e. The Morgan fingerprint density at radius 3 is 2.57 bits per heavy atom. The second-order valence-corrected chi connectivity index (χ2v) is 6.08. The third-order valence-corrected chi connectivity index (χ3v) is 4.58. The third-order valence-electron chi connectivity index (χ3n) is 3.57. The zero-order valence-corrected chi connectivity index (χ0v) is 14.7. The Morgan fingerprint density at radius 1 is 1.19 bits per heavy atom. The second kappa shape index (κ2) is 8.33. The molecule has 3 aliphatic heterocycles. The minimum absolute atomic E-state index is 0. The van der Waals surface area contributed by atoms with Gasteiger partial charge in [0.1, 0.15) is 0 Å². The van der Waals surface area contributed by atoms with Crippen LogP contribution in [-0.2, 0) is 20.1 Å². The first-order valence-corrected chi connectivity index (χ1v) is 7.73. The second-order valence-electron chi connectivity index (χ2n) is 4.92. The molecule has 0 aromatic heterocycles. The van der Waals surface area contributed by atoms with Gasteiger partial charge >= 0.3 is 0 Å². The van der Waals surface area contributed by atoms with Crippen molar-refractivity contribution in [3.05, 3.63) is 11.6 Å². The van der Waals surface area contributed by atoms with Gasteiger partial charge in [-0.25, -0.2) is 0 Å². The van der Waals surface area contributed by atoms with Gasteiger partial charge in [-0.2, -0.15) is 8.76 Å². The predicted octanol–water partition coefficient (Wildman–Crippen LogP) is 1.79. The number of rotatable bonds is 2. The highest BCUT2D eigenvalue weighted by Crippen LogP contribution is 2.27. The van der Waals surface area contributed by atoms with E-state index in [1.54, 1.807) is 7.11 Å². The standard InChI is InChI=1S/C12H20N4O2S.2ClH/c1-15-5-7-16(8-6-15)12-11-10(4-3-9-18-11)13-19(14-12)17-2;;/h3-9H2,1-2H3;2*1H. The van der Waals surface area contributed by atoms with E-state index < -0.39 is 11.2 Å². The lowest BCUT2D eigenvalue weighted by atomic mass is 10.1. The highest BCUT2D eigenvalue weighted by molar-refractivity contribution is 7.81. The van der Waals surface area contributed by atoms with Crippen LogP contribution in [-0.4, -0.2) is 62.5 Å².